The molecule has 0 aliphatic carbocycles. The first-order chi connectivity index (χ1) is 7.70. The van der Waals surface area contributed by atoms with Crippen LogP contribution < -0.4 is 17.0 Å². The van der Waals surface area contributed by atoms with E-state index in [1.165, 1.54) is 10.6 Å². The summed E-state index contributed by atoms with van der Waals surface area (Å²) in [4.78, 5) is 23.4. The van der Waals surface area contributed by atoms with Crippen LogP contribution in [0.25, 0.3) is 0 Å². The van der Waals surface area contributed by atoms with Crippen LogP contribution in [0.1, 0.15) is 6.42 Å². The van der Waals surface area contributed by atoms with Gasteiger partial charge in [0.1, 0.15) is 0 Å². The van der Waals surface area contributed by atoms with Gasteiger partial charge in [0.05, 0.1) is 0 Å². The van der Waals surface area contributed by atoms with Gasteiger partial charge in [-0.2, -0.15) is 11.8 Å². The van der Waals surface area contributed by atoms with Gasteiger partial charge in [0.25, 0.3) is 5.56 Å². The lowest BCUT2D eigenvalue weighted by molar-refractivity contribution is 0.550. The average Bonchev–Trinajstić information content (AvgIpc) is 2.28. The van der Waals surface area contributed by atoms with Gasteiger partial charge in [0.2, 0.25) is 0 Å². The van der Waals surface area contributed by atoms with Gasteiger partial charge in [0, 0.05) is 31.1 Å². The SMILES string of the molecule is CSCCn1ccc(=O)n(CCCN)c1=O. The summed E-state index contributed by atoms with van der Waals surface area (Å²) in [5.41, 5.74) is 4.88. The number of thioether (sulfide) groups is 1. The summed E-state index contributed by atoms with van der Waals surface area (Å²) in [6.45, 7) is 1.50. The Bertz CT molecular complexity index is 438. The molecule has 0 saturated carbocycles. The molecular formula is C10H17N3O2S. The highest BCUT2D eigenvalue weighted by Crippen LogP contribution is 1.92. The predicted molar refractivity (Wildman–Crippen MR) is 67.0 cm³/mol. The molecule has 0 aromatic carbocycles. The Balaban J connectivity index is 2.97. The van der Waals surface area contributed by atoms with Gasteiger partial charge in [-0.1, -0.05) is 0 Å². The van der Waals surface area contributed by atoms with E-state index >= 15 is 0 Å². The molecule has 0 bridgehead atoms. The van der Waals surface area contributed by atoms with Crippen molar-refractivity contribution < 1.29 is 0 Å². The smallest absolute Gasteiger partial charge is 0.330 e. The lowest BCUT2D eigenvalue weighted by atomic mass is 10.4. The molecule has 0 amide bonds. The maximum Gasteiger partial charge on any atom is 0.330 e. The number of hydrogen-bond donors (Lipinski definition) is 1. The molecule has 0 fully saturated rings. The van der Waals surface area contributed by atoms with Crippen molar-refractivity contribution >= 4 is 11.8 Å². The molecule has 1 aromatic heterocycles. The van der Waals surface area contributed by atoms with Crippen LogP contribution in [0.5, 0.6) is 0 Å². The minimum atomic E-state index is -0.251. The Morgan fingerprint density at radius 2 is 2.12 bits per heavy atom. The van der Waals surface area contributed by atoms with Crippen molar-refractivity contribution in [3.05, 3.63) is 33.1 Å². The Hall–Kier alpha value is -1.01. The fourth-order valence-corrected chi connectivity index (χ4v) is 1.75. The zero-order valence-electron chi connectivity index (χ0n) is 9.39. The van der Waals surface area contributed by atoms with Crippen LogP contribution >= 0.6 is 11.8 Å². The number of nitrogens with two attached hydrogens (primary N) is 1. The normalized spacial score (nSPS) is 10.6. The van der Waals surface area contributed by atoms with Crippen molar-refractivity contribution in [2.75, 3.05) is 18.6 Å². The van der Waals surface area contributed by atoms with E-state index < -0.39 is 0 Å². The van der Waals surface area contributed by atoms with E-state index in [2.05, 4.69) is 0 Å². The van der Waals surface area contributed by atoms with Crippen LogP contribution in [0.2, 0.25) is 0 Å². The highest BCUT2D eigenvalue weighted by molar-refractivity contribution is 7.98. The summed E-state index contributed by atoms with van der Waals surface area (Å²) in [6, 6.07) is 1.43. The summed E-state index contributed by atoms with van der Waals surface area (Å²) in [7, 11) is 0. The van der Waals surface area contributed by atoms with E-state index in [-0.39, 0.29) is 11.2 Å². The van der Waals surface area contributed by atoms with Crippen LogP contribution in [0, 0.1) is 0 Å². The molecule has 0 aliphatic rings. The van der Waals surface area contributed by atoms with Gasteiger partial charge < -0.3 is 5.73 Å². The van der Waals surface area contributed by atoms with Crippen LogP contribution in [0.3, 0.4) is 0 Å². The van der Waals surface area contributed by atoms with Crippen molar-refractivity contribution in [2.24, 2.45) is 5.73 Å². The Kier molecular flexibility index (Phi) is 5.34. The molecule has 90 valence electrons. The molecule has 0 aliphatic heterocycles. The summed E-state index contributed by atoms with van der Waals surface area (Å²) in [5.74, 6) is 0.856. The Labute approximate surface area is 98.3 Å². The third kappa shape index (κ3) is 3.24. The van der Waals surface area contributed by atoms with Crippen LogP contribution in [-0.4, -0.2) is 27.7 Å². The van der Waals surface area contributed by atoms with Crippen LogP contribution in [0.4, 0.5) is 0 Å². The van der Waals surface area contributed by atoms with Gasteiger partial charge >= 0.3 is 5.69 Å². The molecule has 0 unspecified atom stereocenters. The number of aromatic nitrogens is 2. The van der Waals surface area contributed by atoms with Crippen molar-refractivity contribution in [1.29, 1.82) is 0 Å². The first-order valence-corrected chi connectivity index (χ1v) is 6.59. The second-order valence-corrected chi connectivity index (χ2v) is 4.40. The zero-order valence-corrected chi connectivity index (χ0v) is 10.2. The zero-order chi connectivity index (χ0) is 12.0. The molecule has 16 heavy (non-hydrogen) atoms. The maximum atomic E-state index is 11.9. The maximum absolute atomic E-state index is 11.9. The van der Waals surface area contributed by atoms with Crippen LogP contribution in [-0.2, 0) is 13.1 Å². The second kappa shape index (κ2) is 6.55. The van der Waals surface area contributed by atoms with E-state index in [4.69, 9.17) is 5.73 Å². The van der Waals surface area contributed by atoms with Gasteiger partial charge in [-0.3, -0.25) is 13.9 Å². The molecule has 0 spiro atoms. The minimum Gasteiger partial charge on any atom is -0.330 e. The lowest BCUT2D eigenvalue weighted by Crippen LogP contribution is -2.39. The average molecular weight is 243 g/mol. The molecule has 6 heteroatoms. The molecule has 1 heterocycles. The molecular weight excluding hydrogens is 226 g/mol. The molecule has 0 radical (unpaired) electrons. The Morgan fingerprint density at radius 3 is 2.75 bits per heavy atom. The fraction of sp³-hybridized carbons (Fsp3) is 0.600. The van der Waals surface area contributed by atoms with Gasteiger partial charge in [-0.05, 0) is 19.2 Å². The summed E-state index contributed by atoms with van der Waals surface area (Å²) in [5, 5.41) is 0. The third-order valence-electron chi connectivity index (χ3n) is 2.26. The number of nitrogens with zero attached hydrogens (tertiary/aromatic N) is 2. The Morgan fingerprint density at radius 1 is 1.38 bits per heavy atom. The van der Waals surface area contributed by atoms with Crippen molar-refractivity contribution in [1.82, 2.24) is 9.13 Å². The largest absolute Gasteiger partial charge is 0.330 e. The van der Waals surface area contributed by atoms with Crippen LogP contribution in [0.15, 0.2) is 21.9 Å². The summed E-state index contributed by atoms with van der Waals surface area (Å²) >= 11 is 1.67. The molecule has 5 nitrogen and oxygen atoms in total. The highest BCUT2D eigenvalue weighted by Gasteiger charge is 2.03. The monoisotopic (exact) mass is 243 g/mol. The van der Waals surface area contributed by atoms with Crippen molar-refractivity contribution in [3.63, 3.8) is 0 Å². The molecule has 1 aromatic rings. The van der Waals surface area contributed by atoms with E-state index in [0.29, 0.717) is 26.1 Å². The summed E-state index contributed by atoms with van der Waals surface area (Å²) in [6.07, 6.45) is 4.18. The van der Waals surface area contributed by atoms with Crippen molar-refractivity contribution in [3.8, 4) is 0 Å². The lowest BCUT2D eigenvalue weighted by Gasteiger charge is -2.08. The second-order valence-electron chi connectivity index (χ2n) is 3.42. The quantitative estimate of drug-likeness (QED) is 0.746. The summed E-state index contributed by atoms with van der Waals surface area (Å²) < 4.78 is 2.81. The van der Waals surface area contributed by atoms with E-state index in [0.717, 1.165) is 5.75 Å². The van der Waals surface area contributed by atoms with E-state index in [1.54, 1.807) is 22.5 Å². The molecule has 0 atom stereocenters. The minimum absolute atomic E-state index is 0.241. The molecule has 0 saturated heterocycles. The molecule has 1 rings (SSSR count). The van der Waals surface area contributed by atoms with E-state index in [1.807, 2.05) is 6.26 Å². The number of hydrogen-bond acceptors (Lipinski definition) is 4. The predicted octanol–water partition coefficient (Wildman–Crippen LogP) is -0.278. The van der Waals surface area contributed by atoms with Gasteiger partial charge in [-0.15, -0.1) is 0 Å². The molecule has 2 N–H and O–H groups in total. The first kappa shape index (κ1) is 13.1. The topological polar surface area (TPSA) is 70.0 Å². The fourth-order valence-electron chi connectivity index (χ4n) is 1.37. The number of aryl methyl sites for hydroxylation is 1. The van der Waals surface area contributed by atoms with Crippen molar-refractivity contribution in [2.45, 2.75) is 19.5 Å². The first-order valence-electron chi connectivity index (χ1n) is 5.20. The number of rotatable bonds is 6. The highest BCUT2D eigenvalue weighted by atomic mass is 32.2. The van der Waals surface area contributed by atoms with Gasteiger partial charge in [0.15, 0.2) is 0 Å². The third-order valence-corrected chi connectivity index (χ3v) is 2.85. The standard InChI is InChI=1S/C10H17N3O2S/c1-16-8-7-12-6-3-9(14)13(10(12)15)5-2-4-11/h3,6H,2,4-5,7-8,11H2,1H3. The van der Waals surface area contributed by atoms with Gasteiger partial charge in [-0.25, -0.2) is 4.79 Å². The van der Waals surface area contributed by atoms with E-state index in [9.17, 15) is 9.59 Å².